The lowest BCUT2D eigenvalue weighted by Gasteiger charge is -2.29. The van der Waals surface area contributed by atoms with Crippen molar-refractivity contribution in [3.05, 3.63) is 47.2 Å². The number of rotatable bonds is 8. The largest absolute Gasteiger partial charge is 0.463 e. The van der Waals surface area contributed by atoms with E-state index in [0.717, 1.165) is 18.4 Å². The van der Waals surface area contributed by atoms with Gasteiger partial charge in [0.05, 0.1) is 23.9 Å². The van der Waals surface area contributed by atoms with Crippen LogP contribution in [0.4, 0.5) is 4.79 Å². The first-order chi connectivity index (χ1) is 12.6. The SMILES string of the molecule is CCCCC(=O)OCC1=C(C(=O)OCC)[C@@H](c2ccccc2)NC(=O)N1. The van der Waals surface area contributed by atoms with Crippen LogP contribution in [0, 0.1) is 0 Å². The molecule has 1 aromatic rings. The maximum Gasteiger partial charge on any atom is 0.338 e. The quantitative estimate of drug-likeness (QED) is 0.695. The van der Waals surface area contributed by atoms with Crippen LogP contribution >= 0.6 is 0 Å². The number of esters is 2. The van der Waals surface area contributed by atoms with Crippen LogP contribution in [0.15, 0.2) is 41.6 Å². The molecule has 1 aliphatic heterocycles. The van der Waals surface area contributed by atoms with Crippen molar-refractivity contribution in [2.45, 2.75) is 39.2 Å². The molecule has 7 nitrogen and oxygen atoms in total. The molecule has 0 saturated heterocycles. The second-order valence-corrected chi connectivity index (χ2v) is 5.82. The number of carbonyl (C=O) groups is 3. The summed E-state index contributed by atoms with van der Waals surface area (Å²) in [5.74, 6) is -0.930. The van der Waals surface area contributed by atoms with Crippen molar-refractivity contribution in [2.24, 2.45) is 0 Å². The molecule has 0 aliphatic carbocycles. The Morgan fingerprint density at radius 1 is 1.12 bits per heavy atom. The summed E-state index contributed by atoms with van der Waals surface area (Å²) < 4.78 is 10.4. The van der Waals surface area contributed by atoms with Gasteiger partial charge in [-0.25, -0.2) is 9.59 Å². The highest BCUT2D eigenvalue weighted by atomic mass is 16.5. The van der Waals surface area contributed by atoms with Crippen LogP contribution in [0.3, 0.4) is 0 Å². The van der Waals surface area contributed by atoms with Gasteiger partial charge in [-0.2, -0.15) is 0 Å². The lowest BCUT2D eigenvalue weighted by molar-refractivity contribution is -0.143. The van der Waals surface area contributed by atoms with Crippen molar-refractivity contribution in [1.82, 2.24) is 10.6 Å². The van der Waals surface area contributed by atoms with Crippen molar-refractivity contribution in [2.75, 3.05) is 13.2 Å². The Balaban J connectivity index is 2.30. The zero-order chi connectivity index (χ0) is 18.9. The molecule has 0 bridgehead atoms. The fourth-order valence-electron chi connectivity index (χ4n) is 2.62. The minimum Gasteiger partial charge on any atom is -0.463 e. The Morgan fingerprint density at radius 3 is 2.50 bits per heavy atom. The van der Waals surface area contributed by atoms with Gasteiger partial charge in [-0.05, 0) is 18.9 Å². The number of unbranched alkanes of at least 4 members (excludes halogenated alkanes) is 1. The molecule has 140 valence electrons. The zero-order valence-electron chi connectivity index (χ0n) is 15.0. The average Bonchev–Trinajstić information content (AvgIpc) is 2.65. The summed E-state index contributed by atoms with van der Waals surface area (Å²) in [6, 6.07) is 7.95. The number of hydrogen-bond donors (Lipinski definition) is 2. The van der Waals surface area contributed by atoms with E-state index in [9.17, 15) is 14.4 Å². The normalized spacial score (nSPS) is 16.5. The molecule has 1 atom stereocenters. The second kappa shape index (κ2) is 9.60. The summed E-state index contributed by atoms with van der Waals surface area (Å²) in [7, 11) is 0. The van der Waals surface area contributed by atoms with E-state index in [-0.39, 0.29) is 30.5 Å². The number of amides is 2. The van der Waals surface area contributed by atoms with E-state index in [2.05, 4.69) is 10.6 Å². The summed E-state index contributed by atoms with van der Waals surface area (Å²) in [5.41, 5.74) is 1.21. The maximum atomic E-state index is 12.5. The minimum absolute atomic E-state index is 0.187. The zero-order valence-corrected chi connectivity index (χ0v) is 15.0. The highest BCUT2D eigenvalue weighted by Crippen LogP contribution is 2.27. The summed E-state index contributed by atoms with van der Waals surface area (Å²) in [6.45, 7) is 3.69. The molecule has 7 heteroatoms. The lowest BCUT2D eigenvalue weighted by atomic mass is 9.95. The molecule has 0 unspecified atom stereocenters. The van der Waals surface area contributed by atoms with E-state index >= 15 is 0 Å². The summed E-state index contributed by atoms with van der Waals surface area (Å²) in [6.07, 6.45) is 1.90. The van der Waals surface area contributed by atoms with Crippen LogP contribution in [-0.2, 0) is 19.1 Å². The van der Waals surface area contributed by atoms with Crippen molar-refractivity contribution in [3.63, 3.8) is 0 Å². The third-order valence-electron chi connectivity index (χ3n) is 3.89. The van der Waals surface area contributed by atoms with Gasteiger partial charge in [0.2, 0.25) is 0 Å². The average molecular weight is 360 g/mol. The molecule has 0 saturated carbocycles. The Bertz CT molecular complexity index is 684. The molecule has 0 fully saturated rings. The van der Waals surface area contributed by atoms with Gasteiger partial charge < -0.3 is 20.1 Å². The van der Waals surface area contributed by atoms with Gasteiger partial charge in [0, 0.05) is 6.42 Å². The topological polar surface area (TPSA) is 93.7 Å². The molecule has 0 radical (unpaired) electrons. The molecule has 2 N–H and O–H groups in total. The lowest BCUT2D eigenvalue weighted by Crippen LogP contribution is -2.47. The van der Waals surface area contributed by atoms with Crippen LogP contribution in [0.1, 0.15) is 44.7 Å². The van der Waals surface area contributed by atoms with Crippen LogP contribution in [0.5, 0.6) is 0 Å². The predicted octanol–water partition coefficient (Wildman–Crippen LogP) is 2.59. The minimum atomic E-state index is -0.673. The Kier molecular flexibility index (Phi) is 7.20. The Hall–Kier alpha value is -2.83. The molecule has 26 heavy (non-hydrogen) atoms. The third-order valence-corrected chi connectivity index (χ3v) is 3.89. The van der Waals surface area contributed by atoms with Gasteiger partial charge in [0.15, 0.2) is 0 Å². The molecule has 1 aromatic carbocycles. The number of carbonyl (C=O) groups excluding carboxylic acids is 3. The maximum absolute atomic E-state index is 12.5. The van der Waals surface area contributed by atoms with Crippen molar-refractivity contribution >= 4 is 18.0 Å². The van der Waals surface area contributed by atoms with E-state index in [1.807, 2.05) is 25.1 Å². The van der Waals surface area contributed by atoms with Gasteiger partial charge in [-0.15, -0.1) is 0 Å². The molecule has 2 amide bonds. The van der Waals surface area contributed by atoms with Crippen LogP contribution < -0.4 is 10.6 Å². The van der Waals surface area contributed by atoms with E-state index in [0.29, 0.717) is 6.42 Å². The number of ether oxygens (including phenoxy) is 2. The monoisotopic (exact) mass is 360 g/mol. The smallest absolute Gasteiger partial charge is 0.338 e. The Morgan fingerprint density at radius 2 is 1.85 bits per heavy atom. The van der Waals surface area contributed by atoms with Crippen molar-refractivity contribution in [1.29, 1.82) is 0 Å². The molecular weight excluding hydrogens is 336 g/mol. The van der Waals surface area contributed by atoms with Gasteiger partial charge in [0.1, 0.15) is 6.61 Å². The van der Waals surface area contributed by atoms with Crippen molar-refractivity contribution < 1.29 is 23.9 Å². The summed E-state index contributed by atoms with van der Waals surface area (Å²) >= 11 is 0. The highest BCUT2D eigenvalue weighted by Gasteiger charge is 2.34. The van der Waals surface area contributed by atoms with E-state index in [1.54, 1.807) is 19.1 Å². The predicted molar refractivity (Wildman–Crippen MR) is 95.0 cm³/mol. The first-order valence-corrected chi connectivity index (χ1v) is 8.75. The molecule has 1 heterocycles. The van der Waals surface area contributed by atoms with E-state index in [4.69, 9.17) is 9.47 Å². The fourth-order valence-corrected chi connectivity index (χ4v) is 2.62. The fraction of sp³-hybridized carbons (Fsp3) is 0.421. The summed E-state index contributed by atoms with van der Waals surface area (Å²) in [4.78, 5) is 36.3. The first kappa shape index (κ1) is 19.5. The van der Waals surface area contributed by atoms with Crippen molar-refractivity contribution in [3.8, 4) is 0 Å². The highest BCUT2D eigenvalue weighted by molar-refractivity contribution is 5.95. The number of urea groups is 1. The Labute approximate surface area is 152 Å². The van der Waals surface area contributed by atoms with Crippen LogP contribution in [-0.4, -0.2) is 31.2 Å². The first-order valence-electron chi connectivity index (χ1n) is 8.75. The van der Waals surface area contributed by atoms with Gasteiger partial charge in [-0.1, -0.05) is 43.7 Å². The third kappa shape index (κ3) is 5.08. The standard InChI is InChI=1S/C19H24N2O5/c1-3-5-11-15(22)26-12-14-16(18(23)25-4-2)17(21-19(24)20-14)13-9-7-6-8-10-13/h6-10,17H,3-5,11-12H2,1-2H3,(H2,20,21,24)/t17-/m1/s1. The van der Waals surface area contributed by atoms with E-state index in [1.165, 1.54) is 0 Å². The number of nitrogens with one attached hydrogen (secondary N) is 2. The van der Waals surface area contributed by atoms with Crippen LogP contribution in [0.25, 0.3) is 0 Å². The van der Waals surface area contributed by atoms with Crippen LogP contribution in [0.2, 0.25) is 0 Å². The molecule has 2 rings (SSSR count). The molecule has 0 spiro atoms. The molecular formula is C19H24N2O5. The van der Waals surface area contributed by atoms with Gasteiger partial charge in [0.25, 0.3) is 0 Å². The molecule has 0 aromatic heterocycles. The number of benzene rings is 1. The second-order valence-electron chi connectivity index (χ2n) is 5.82. The molecule has 1 aliphatic rings. The number of hydrogen-bond acceptors (Lipinski definition) is 5. The summed E-state index contributed by atoms with van der Waals surface area (Å²) in [5, 5.41) is 5.29. The van der Waals surface area contributed by atoms with Gasteiger partial charge >= 0.3 is 18.0 Å². The van der Waals surface area contributed by atoms with E-state index < -0.39 is 18.0 Å². The van der Waals surface area contributed by atoms with Gasteiger partial charge in [-0.3, -0.25) is 4.79 Å².